The highest BCUT2D eigenvalue weighted by Crippen LogP contribution is 2.24. The van der Waals surface area contributed by atoms with Crippen LogP contribution in [0.5, 0.6) is 5.75 Å². The van der Waals surface area contributed by atoms with Crippen LogP contribution in [0.2, 0.25) is 5.02 Å². The van der Waals surface area contributed by atoms with E-state index in [1.165, 1.54) is 0 Å². The van der Waals surface area contributed by atoms with Gasteiger partial charge in [-0.05, 0) is 31.4 Å². The number of amides is 1. The molecule has 1 aliphatic rings. The lowest BCUT2D eigenvalue weighted by molar-refractivity contribution is -0.128. The minimum absolute atomic E-state index is 0.122. The van der Waals surface area contributed by atoms with Crippen LogP contribution in [0.4, 0.5) is 0 Å². The summed E-state index contributed by atoms with van der Waals surface area (Å²) in [5.41, 5.74) is 0. The molecule has 1 aromatic rings. The molecule has 1 saturated heterocycles. The number of hydrogen-bond donors (Lipinski definition) is 1. The fraction of sp³-hybridized carbons (Fsp3) is 0.533. The standard InChI is InChI=1S/C15H20ClNO3/c1-2-13(20-14-8-4-3-7-12(14)16)15(18)17-10-11-6-5-9-19-11/h3-4,7-8,11,13H,2,5-6,9-10H2,1H3,(H,17,18). The second kappa shape index (κ2) is 7.50. The van der Waals surface area contributed by atoms with Crippen molar-refractivity contribution in [2.75, 3.05) is 13.2 Å². The van der Waals surface area contributed by atoms with Gasteiger partial charge in [0.05, 0.1) is 11.1 Å². The summed E-state index contributed by atoms with van der Waals surface area (Å²) in [5.74, 6) is 0.413. The molecule has 1 N–H and O–H groups in total. The highest BCUT2D eigenvalue weighted by Gasteiger charge is 2.22. The molecule has 2 atom stereocenters. The Morgan fingerprint density at radius 3 is 3.00 bits per heavy atom. The Kier molecular flexibility index (Phi) is 5.68. The van der Waals surface area contributed by atoms with Crippen molar-refractivity contribution in [2.45, 2.75) is 38.4 Å². The van der Waals surface area contributed by atoms with Crippen molar-refractivity contribution in [3.63, 3.8) is 0 Å². The Morgan fingerprint density at radius 2 is 2.35 bits per heavy atom. The number of para-hydroxylation sites is 1. The van der Waals surface area contributed by atoms with E-state index in [0.29, 0.717) is 23.7 Å². The van der Waals surface area contributed by atoms with Crippen molar-refractivity contribution < 1.29 is 14.3 Å². The quantitative estimate of drug-likeness (QED) is 0.878. The van der Waals surface area contributed by atoms with Gasteiger partial charge in [-0.15, -0.1) is 0 Å². The second-order valence-electron chi connectivity index (χ2n) is 4.83. The lowest BCUT2D eigenvalue weighted by Crippen LogP contribution is -2.41. The molecular weight excluding hydrogens is 278 g/mol. The van der Waals surface area contributed by atoms with Crippen LogP contribution in [-0.4, -0.2) is 31.3 Å². The van der Waals surface area contributed by atoms with Crippen LogP contribution in [0, 0.1) is 0 Å². The Balaban J connectivity index is 1.87. The Morgan fingerprint density at radius 1 is 1.55 bits per heavy atom. The molecule has 20 heavy (non-hydrogen) atoms. The Bertz CT molecular complexity index is 446. The van der Waals surface area contributed by atoms with E-state index in [-0.39, 0.29) is 12.0 Å². The van der Waals surface area contributed by atoms with Gasteiger partial charge in [0.1, 0.15) is 5.75 Å². The van der Waals surface area contributed by atoms with Gasteiger partial charge >= 0.3 is 0 Å². The predicted octanol–water partition coefficient (Wildman–Crippen LogP) is 2.79. The maximum Gasteiger partial charge on any atom is 0.261 e. The fourth-order valence-electron chi connectivity index (χ4n) is 2.15. The molecule has 0 bridgehead atoms. The van der Waals surface area contributed by atoms with Gasteiger partial charge in [0.2, 0.25) is 0 Å². The molecule has 1 amide bonds. The number of hydrogen-bond acceptors (Lipinski definition) is 3. The summed E-state index contributed by atoms with van der Waals surface area (Å²) in [6.45, 7) is 3.24. The van der Waals surface area contributed by atoms with Crippen molar-refractivity contribution >= 4 is 17.5 Å². The fourth-order valence-corrected chi connectivity index (χ4v) is 2.33. The van der Waals surface area contributed by atoms with Crippen LogP contribution < -0.4 is 10.1 Å². The van der Waals surface area contributed by atoms with Crippen LogP contribution >= 0.6 is 11.6 Å². The zero-order valence-electron chi connectivity index (χ0n) is 11.6. The summed E-state index contributed by atoms with van der Waals surface area (Å²) in [6, 6.07) is 7.16. The van der Waals surface area contributed by atoms with Gasteiger partial charge in [0, 0.05) is 13.2 Å². The molecule has 0 aromatic heterocycles. The first-order valence-electron chi connectivity index (χ1n) is 7.01. The van der Waals surface area contributed by atoms with E-state index >= 15 is 0 Å². The molecule has 5 heteroatoms. The zero-order chi connectivity index (χ0) is 14.4. The summed E-state index contributed by atoms with van der Waals surface area (Å²) >= 11 is 6.03. The first-order valence-corrected chi connectivity index (χ1v) is 7.39. The van der Waals surface area contributed by atoms with Crippen LogP contribution in [0.15, 0.2) is 24.3 Å². The zero-order valence-corrected chi connectivity index (χ0v) is 12.4. The van der Waals surface area contributed by atoms with E-state index in [4.69, 9.17) is 21.1 Å². The second-order valence-corrected chi connectivity index (χ2v) is 5.23. The molecular formula is C15H20ClNO3. The van der Waals surface area contributed by atoms with Crippen molar-refractivity contribution in [1.29, 1.82) is 0 Å². The van der Waals surface area contributed by atoms with Gasteiger partial charge in [-0.1, -0.05) is 30.7 Å². The van der Waals surface area contributed by atoms with Crippen molar-refractivity contribution in [3.8, 4) is 5.75 Å². The number of carbonyl (C=O) groups excluding carboxylic acids is 1. The lowest BCUT2D eigenvalue weighted by atomic mass is 10.2. The minimum atomic E-state index is -0.531. The smallest absolute Gasteiger partial charge is 0.261 e. The maximum atomic E-state index is 12.1. The van der Waals surface area contributed by atoms with Gasteiger partial charge in [-0.25, -0.2) is 0 Å². The highest BCUT2D eigenvalue weighted by molar-refractivity contribution is 6.32. The molecule has 0 radical (unpaired) electrons. The maximum absolute atomic E-state index is 12.1. The number of nitrogens with one attached hydrogen (secondary N) is 1. The molecule has 0 aliphatic carbocycles. The van der Waals surface area contributed by atoms with Crippen molar-refractivity contribution in [2.24, 2.45) is 0 Å². The Hall–Kier alpha value is -1.26. The molecule has 4 nitrogen and oxygen atoms in total. The van der Waals surface area contributed by atoms with E-state index in [1.807, 2.05) is 19.1 Å². The molecule has 1 aliphatic heterocycles. The molecule has 1 aromatic carbocycles. The van der Waals surface area contributed by atoms with Crippen LogP contribution in [0.25, 0.3) is 0 Å². The first-order chi connectivity index (χ1) is 9.70. The summed E-state index contributed by atoms with van der Waals surface area (Å²) in [6.07, 6.45) is 2.26. The normalized spacial score (nSPS) is 19.6. The third-order valence-electron chi connectivity index (χ3n) is 3.30. The summed E-state index contributed by atoms with van der Waals surface area (Å²) in [4.78, 5) is 12.1. The van der Waals surface area contributed by atoms with Crippen LogP contribution in [-0.2, 0) is 9.53 Å². The molecule has 1 fully saturated rings. The average Bonchev–Trinajstić information content (AvgIpc) is 2.97. The lowest BCUT2D eigenvalue weighted by Gasteiger charge is -2.19. The molecule has 2 unspecified atom stereocenters. The number of carbonyl (C=O) groups is 1. The molecule has 1 heterocycles. The topological polar surface area (TPSA) is 47.6 Å². The van der Waals surface area contributed by atoms with E-state index in [1.54, 1.807) is 12.1 Å². The molecule has 0 saturated carbocycles. The molecule has 0 spiro atoms. The molecule has 110 valence electrons. The number of rotatable bonds is 6. The summed E-state index contributed by atoms with van der Waals surface area (Å²) < 4.78 is 11.2. The third-order valence-corrected chi connectivity index (χ3v) is 3.61. The Labute approximate surface area is 124 Å². The van der Waals surface area contributed by atoms with Gasteiger partial charge in [0.15, 0.2) is 6.10 Å². The first kappa shape index (κ1) is 15.1. The highest BCUT2D eigenvalue weighted by atomic mass is 35.5. The van der Waals surface area contributed by atoms with Crippen molar-refractivity contribution in [3.05, 3.63) is 29.3 Å². The number of halogens is 1. The number of benzene rings is 1. The predicted molar refractivity (Wildman–Crippen MR) is 78.1 cm³/mol. The van der Waals surface area contributed by atoms with Crippen molar-refractivity contribution in [1.82, 2.24) is 5.32 Å². The minimum Gasteiger partial charge on any atom is -0.479 e. The summed E-state index contributed by atoms with van der Waals surface area (Å²) in [7, 11) is 0. The van der Waals surface area contributed by atoms with E-state index < -0.39 is 6.10 Å². The SMILES string of the molecule is CCC(Oc1ccccc1Cl)C(=O)NCC1CCCO1. The van der Waals surface area contributed by atoms with E-state index in [2.05, 4.69) is 5.32 Å². The summed E-state index contributed by atoms with van der Waals surface area (Å²) in [5, 5.41) is 3.40. The van der Waals surface area contributed by atoms with Crippen LogP contribution in [0.1, 0.15) is 26.2 Å². The van der Waals surface area contributed by atoms with E-state index in [0.717, 1.165) is 19.4 Å². The van der Waals surface area contributed by atoms with E-state index in [9.17, 15) is 4.79 Å². The third kappa shape index (κ3) is 4.12. The van der Waals surface area contributed by atoms with Gasteiger partial charge < -0.3 is 14.8 Å². The molecule has 2 rings (SSSR count). The number of ether oxygens (including phenoxy) is 2. The van der Waals surface area contributed by atoms with Crippen LogP contribution in [0.3, 0.4) is 0 Å². The monoisotopic (exact) mass is 297 g/mol. The largest absolute Gasteiger partial charge is 0.479 e. The average molecular weight is 298 g/mol. The van der Waals surface area contributed by atoms with Gasteiger partial charge in [-0.3, -0.25) is 4.79 Å². The van der Waals surface area contributed by atoms with Gasteiger partial charge in [-0.2, -0.15) is 0 Å². The van der Waals surface area contributed by atoms with Gasteiger partial charge in [0.25, 0.3) is 5.91 Å².